The lowest BCUT2D eigenvalue weighted by Crippen LogP contribution is -2.39. The van der Waals surface area contributed by atoms with E-state index in [-0.39, 0.29) is 45.8 Å². The van der Waals surface area contributed by atoms with Crippen molar-refractivity contribution in [3.8, 4) is 11.5 Å². The molecule has 10 nitrogen and oxygen atoms in total. The summed E-state index contributed by atoms with van der Waals surface area (Å²) in [5, 5.41) is 19.2. The zero-order valence-electron chi connectivity index (χ0n) is 26.7. The van der Waals surface area contributed by atoms with E-state index in [1.54, 1.807) is 36.4 Å². The second-order valence-electron chi connectivity index (χ2n) is 12.6. The van der Waals surface area contributed by atoms with Crippen molar-refractivity contribution in [1.29, 1.82) is 0 Å². The van der Waals surface area contributed by atoms with E-state index in [4.69, 9.17) is 4.74 Å². The molecule has 4 aliphatic rings. The molecule has 1 saturated heterocycles. The smallest absolute Gasteiger partial charge is 0.238 e. The molecule has 3 aromatic rings. The Labute approximate surface area is 304 Å². The highest BCUT2D eigenvalue weighted by Gasteiger charge is 2.56. The number of phenols is 1. The molecule has 4 atom stereocenters. The van der Waals surface area contributed by atoms with E-state index in [1.165, 1.54) is 18.1 Å². The summed E-state index contributed by atoms with van der Waals surface area (Å²) in [6.45, 7) is 0. The third-order valence-electron chi connectivity index (χ3n) is 9.69. The normalized spacial score (nSPS) is 23.3. The van der Waals surface area contributed by atoms with E-state index in [0.29, 0.717) is 43.8 Å². The first-order valence-electron chi connectivity index (χ1n) is 15.6. The molecule has 3 aliphatic carbocycles. The maximum absolute atomic E-state index is 14.3. The zero-order chi connectivity index (χ0) is 34.7. The first-order chi connectivity index (χ1) is 23.5. The van der Waals surface area contributed by atoms with Crippen molar-refractivity contribution in [3.05, 3.63) is 103 Å². The second-order valence-corrected chi connectivity index (χ2v) is 14.6. The monoisotopic (exact) mass is 832 g/mol. The number of fused-ring (bicyclic) bond motifs is 3. The number of nitrogens with zero attached hydrogens (tertiary/aromatic N) is 4. The maximum atomic E-state index is 14.3. The first-order valence-corrected chi connectivity index (χ1v) is 17.5. The molecule has 0 spiro atoms. The summed E-state index contributed by atoms with van der Waals surface area (Å²) in [5.41, 5.74) is 4.88. The van der Waals surface area contributed by atoms with Crippen molar-refractivity contribution in [3.63, 3.8) is 0 Å². The molecule has 1 N–H and O–H groups in total. The molecule has 0 aromatic heterocycles. The van der Waals surface area contributed by atoms with Gasteiger partial charge in [0.05, 0.1) is 44.1 Å². The van der Waals surface area contributed by atoms with E-state index >= 15 is 0 Å². The Morgan fingerprint density at radius 2 is 1.59 bits per heavy atom. The minimum absolute atomic E-state index is 0.0295. The number of aromatic hydroxyl groups is 1. The number of halogens is 2. The minimum atomic E-state index is -0.723. The average molecular weight is 833 g/mol. The van der Waals surface area contributed by atoms with Crippen LogP contribution in [0.15, 0.2) is 104 Å². The number of benzene rings is 3. The van der Waals surface area contributed by atoms with Crippen molar-refractivity contribution in [2.75, 3.05) is 31.0 Å². The van der Waals surface area contributed by atoms with Crippen LogP contribution in [0.2, 0.25) is 0 Å². The Balaban J connectivity index is 1.21. The zero-order valence-corrected chi connectivity index (χ0v) is 30.4. The van der Waals surface area contributed by atoms with E-state index in [0.717, 1.165) is 11.3 Å². The molecular weight excluding hydrogens is 803 g/mol. The highest BCUT2D eigenvalue weighted by atomic mass is 127. The molecule has 248 valence electrons. The number of ether oxygens (including phenoxy) is 1. The van der Waals surface area contributed by atoms with Gasteiger partial charge >= 0.3 is 0 Å². The van der Waals surface area contributed by atoms with E-state index in [2.05, 4.69) is 26.2 Å². The van der Waals surface area contributed by atoms with Gasteiger partial charge in [-0.2, -0.15) is 10.2 Å². The minimum Gasteiger partial charge on any atom is -0.504 e. The summed E-state index contributed by atoms with van der Waals surface area (Å²) in [6.07, 6.45) is 3.71. The molecule has 1 heterocycles. The predicted molar refractivity (Wildman–Crippen MR) is 196 cm³/mol. The Hall–Kier alpha value is -4.43. The summed E-state index contributed by atoms with van der Waals surface area (Å²) in [5.74, 6) is -3.54. The Bertz CT molecular complexity index is 2070. The Morgan fingerprint density at radius 3 is 2.22 bits per heavy atom. The fourth-order valence-corrected chi connectivity index (χ4v) is 8.43. The van der Waals surface area contributed by atoms with Crippen molar-refractivity contribution in [2.24, 2.45) is 28.0 Å². The van der Waals surface area contributed by atoms with Gasteiger partial charge in [-0.05, 0) is 124 Å². The van der Waals surface area contributed by atoms with Crippen molar-refractivity contribution in [1.82, 2.24) is 0 Å². The predicted octanol–water partition coefficient (Wildman–Crippen LogP) is 7.45. The van der Waals surface area contributed by atoms with Crippen molar-refractivity contribution >= 4 is 84.7 Å². The molecule has 0 radical (unpaired) electrons. The standard InChI is InChI=1S/C37H30BrIN4O6/c1-42(2)21-8-4-19(5-9-21)40-41-20-6-10-22(11-7-20)43-36(47)24-13-12-23-25(32(24)37(43)48)16-26-33(29(44)17-27(38)34(26)45)31(23)18-14-28(39)35(46)30(15-18)49-3/h4-12,14-15,17,24-25,31-32,46H,13,16H2,1-3H3/t24-,25+,31-,32-/m0/s1. The SMILES string of the molecule is COc1cc([C@H]2C3=CC[C@@H]4C(=O)N(c5ccc(N=Nc6ccc(N(C)C)cc6)cc5)C(=O)[C@@H]4[C@@H]3CC3=C2C(=O)C=C(Br)C3=O)cc(I)c1O. The molecule has 0 saturated carbocycles. The highest BCUT2D eigenvalue weighted by molar-refractivity contribution is 14.1. The molecular formula is C37H30BrIN4O6. The topological polar surface area (TPSA) is 129 Å². The van der Waals surface area contributed by atoms with Crippen LogP contribution in [-0.2, 0) is 19.2 Å². The van der Waals surface area contributed by atoms with Gasteiger partial charge in [0.25, 0.3) is 0 Å². The molecule has 2 amide bonds. The number of phenolic OH excluding ortho intramolecular Hbond substituents is 1. The molecule has 0 unspecified atom stereocenters. The number of anilines is 2. The van der Waals surface area contributed by atoms with Gasteiger partial charge in [-0.15, -0.1) is 0 Å². The number of rotatable bonds is 6. The van der Waals surface area contributed by atoms with Crippen LogP contribution in [0.5, 0.6) is 11.5 Å². The van der Waals surface area contributed by atoms with Gasteiger partial charge in [0.1, 0.15) is 0 Å². The Morgan fingerprint density at radius 1 is 0.939 bits per heavy atom. The van der Waals surface area contributed by atoms with Gasteiger partial charge in [0, 0.05) is 42.9 Å². The summed E-state index contributed by atoms with van der Waals surface area (Å²) in [7, 11) is 5.37. The molecule has 1 fully saturated rings. The number of methoxy groups -OCH3 is 1. The maximum Gasteiger partial charge on any atom is 0.238 e. The molecule has 7 rings (SSSR count). The van der Waals surface area contributed by atoms with Crippen molar-refractivity contribution < 1.29 is 29.0 Å². The number of imide groups is 1. The lowest BCUT2D eigenvalue weighted by molar-refractivity contribution is -0.123. The van der Waals surface area contributed by atoms with Crippen LogP contribution in [0.1, 0.15) is 24.3 Å². The van der Waals surface area contributed by atoms with Crippen LogP contribution < -0.4 is 14.5 Å². The highest BCUT2D eigenvalue weighted by Crippen LogP contribution is 2.56. The van der Waals surface area contributed by atoms with Gasteiger partial charge in [0.15, 0.2) is 23.1 Å². The number of Topliss-reactive ketones (excluding diaryl/α,β-unsaturated/α-hetero) is 1. The third-order valence-corrected chi connectivity index (χ3v) is 11.1. The van der Waals surface area contributed by atoms with Crippen LogP contribution in [0.25, 0.3) is 0 Å². The van der Waals surface area contributed by atoms with Crippen LogP contribution in [0.3, 0.4) is 0 Å². The first kappa shape index (κ1) is 33.1. The van der Waals surface area contributed by atoms with Gasteiger partial charge < -0.3 is 14.7 Å². The van der Waals surface area contributed by atoms with Gasteiger partial charge in [-0.1, -0.05) is 11.6 Å². The van der Waals surface area contributed by atoms with Crippen LogP contribution in [0.4, 0.5) is 22.7 Å². The quantitative estimate of drug-likeness (QED) is 0.0899. The van der Waals surface area contributed by atoms with E-state index in [9.17, 15) is 24.3 Å². The largest absolute Gasteiger partial charge is 0.504 e. The summed E-state index contributed by atoms with van der Waals surface area (Å²) >= 11 is 5.26. The fourth-order valence-electron chi connectivity index (χ4n) is 7.36. The van der Waals surface area contributed by atoms with Crippen molar-refractivity contribution in [2.45, 2.75) is 18.8 Å². The number of allylic oxidation sites excluding steroid dienone is 6. The van der Waals surface area contributed by atoms with Crippen LogP contribution in [0, 0.1) is 21.3 Å². The number of hydrogen-bond acceptors (Lipinski definition) is 9. The average Bonchev–Trinajstić information content (AvgIpc) is 3.36. The van der Waals surface area contributed by atoms with E-state index in [1.807, 2.05) is 71.9 Å². The third kappa shape index (κ3) is 5.64. The van der Waals surface area contributed by atoms with Gasteiger partial charge in [-0.25, -0.2) is 0 Å². The molecule has 3 aromatic carbocycles. The molecule has 1 aliphatic heterocycles. The number of azo groups is 1. The van der Waals surface area contributed by atoms with Gasteiger partial charge in [0.2, 0.25) is 11.8 Å². The van der Waals surface area contributed by atoms with Gasteiger partial charge in [-0.3, -0.25) is 24.1 Å². The van der Waals surface area contributed by atoms with Crippen LogP contribution >= 0.6 is 38.5 Å². The number of carbonyl (C=O) groups is 4. The molecule has 49 heavy (non-hydrogen) atoms. The summed E-state index contributed by atoms with van der Waals surface area (Å²) in [4.78, 5) is 58.5. The lowest BCUT2D eigenvalue weighted by atomic mass is 9.59. The second kappa shape index (κ2) is 12.8. The van der Waals surface area contributed by atoms with Crippen LogP contribution in [-0.4, -0.2) is 49.7 Å². The lowest BCUT2D eigenvalue weighted by Gasteiger charge is -2.42. The summed E-state index contributed by atoms with van der Waals surface area (Å²) < 4.78 is 6.11. The molecule has 0 bridgehead atoms. The summed E-state index contributed by atoms with van der Waals surface area (Å²) in [6, 6.07) is 17.9. The number of amides is 2. The molecule has 12 heteroatoms. The van der Waals surface area contributed by atoms with E-state index < -0.39 is 23.7 Å². The number of ketones is 2. The Kier molecular flexibility index (Phi) is 8.64. The number of hydrogen-bond donors (Lipinski definition) is 1. The number of carbonyl (C=O) groups excluding carboxylic acids is 4. The fraction of sp³-hybridized carbons (Fsp3) is 0.243.